The van der Waals surface area contributed by atoms with Crippen LogP contribution in [-0.2, 0) is 6.42 Å². The Balaban J connectivity index is 1.81. The molecule has 0 aliphatic carbocycles. The number of urea groups is 1. The van der Waals surface area contributed by atoms with Crippen molar-refractivity contribution in [2.75, 3.05) is 11.9 Å². The molecule has 5 heteroatoms. The maximum absolute atomic E-state index is 13.0. The standard InChI is InChI=1S/C16H16BrFN2O/c1-11-9-14(5-6-15(11)17)20-16(21)19-8-7-12-3-2-4-13(18)10-12/h2-6,9-10H,7-8H2,1H3,(H2,19,20,21). The fraction of sp³-hybridized carbons (Fsp3) is 0.188. The van der Waals surface area contributed by atoms with Crippen LogP contribution in [0.1, 0.15) is 11.1 Å². The van der Waals surface area contributed by atoms with Crippen molar-refractivity contribution in [3.05, 3.63) is 63.9 Å². The highest BCUT2D eigenvalue weighted by Crippen LogP contribution is 2.19. The molecule has 0 bridgehead atoms. The summed E-state index contributed by atoms with van der Waals surface area (Å²) in [6, 6.07) is 11.7. The molecule has 0 saturated carbocycles. The average molecular weight is 351 g/mol. The first-order valence-electron chi connectivity index (χ1n) is 6.60. The molecule has 0 fully saturated rings. The van der Waals surface area contributed by atoms with E-state index < -0.39 is 0 Å². The van der Waals surface area contributed by atoms with Crippen molar-refractivity contribution in [2.45, 2.75) is 13.3 Å². The number of nitrogens with one attached hydrogen (secondary N) is 2. The van der Waals surface area contributed by atoms with Crippen LogP contribution in [0.15, 0.2) is 46.9 Å². The van der Waals surface area contributed by atoms with E-state index in [9.17, 15) is 9.18 Å². The predicted molar refractivity (Wildman–Crippen MR) is 86.0 cm³/mol. The monoisotopic (exact) mass is 350 g/mol. The van der Waals surface area contributed by atoms with Crippen LogP contribution in [0.3, 0.4) is 0 Å². The lowest BCUT2D eigenvalue weighted by Crippen LogP contribution is -2.30. The van der Waals surface area contributed by atoms with Crippen LogP contribution in [0, 0.1) is 12.7 Å². The average Bonchev–Trinajstić information content (AvgIpc) is 2.43. The molecule has 0 radical (unpaired) electrons. The van der Waals surface area contributed by atoms with Crippen molar-refractivity contribution in [3.63, 3.8) is 0 Å². The van der Waals surface area contributed by atoms with E-state index in [4.69, 9.17) is 0 Å². The van der Waals surface area contributed by atoms with Gasteiger partial charge in [-0.2, -0.15) is 0 Å². The Hall–Kier alpha value is -1.88. The second-order valence-electron chi connectivity index (χ2n) is 4.72. The quantitative estimate of drug-likeness (QED) is 0.849. The van der Waals surface area contributed by atoms with Crippen LogP contribution >= 0.6 is 15.9 Å². The molecule has 0 unspecified atom stereocenters. The molecule has 2 N–H and O–H groups in total. The zero-order valence-corrected chi connectivity index (χ0v) is 13.2. The van der Waals surface area contributed by atoms with Gasteiger partial charge in [-0.25, -0.2) is 9.18 Å². The fourth-order valence-corrected chi connectivity index (χ4v) is 2.16. The van der Waals surface area contributed by atoms with Gasteiger partial charge in [0, 0.05) is 16.7 Å². The lowest BCUT2D eigenvalue weighted by molar-refractivity contribution is 0.252. The van der Waals surface area contributed by atoms with Gasteiger partial charge in [0.15, 0.2) is 0 Å². The topological polar surface area (TPSA) is 41.1 Å². The number of hydrogen-bond donors (Lipinski definition) is 2. The van der Waals surface area contributed by atoms with Crippen molar-refractivity contribution in [2.24, 2.45) is 0 Å². The highest BCUT2D eigenvalue weighted by atomic mass is 79.9. The first-order chi connectivity index (χ1) is 10.0. The lowest BCUT2D eigenvalue weighted by Gasteiger charge is -2.09. The zero-order valence-electron chi connectivity index (χ0n) is 11.6. The van der Waals surface area contributed by atoms with Gasteiger partial charge in [-0.3, -0.25) is 0 Å². The molecule has 0 aliphatic rings. The molecule has 0 saturated heterocycles. The lowest BCUT2D eigenvalue weighted by atomic mass is 10.1. The number of carbonyl (C=O) groups is 1. The number of anilines is 1. The van der Waals surface area contributed by atoms with Crippen LogP contribution in [0.2, 0.25) is 0 Å². The van der Waals surface area contributed by atoms with Gasteiger partial charge in [0.25, 0.3) is 0 Å². The van der Waals surface area contributed by atoms with E-state index in [0.29, 0.717) is 13.0 Å². The third-order valence-electron chi connectivity index (χ3n) is 3.00. The maximum Gasteiger partial charge on any atom is 0.319 e. The summed E-state index contributed by atoms with van der Waals surface area (Å²) < 4.78 is 14.0. The highest BCUT2D eigenvalue weighted by molar-refractivity contribution is 9.10. The van der Waals surface area contributed by atoms with Crippen LogP contribution in [0.5, 0.6) is 0 Å². The summed E-state index contributed by atoms with van der Waals surface area (Å²) in [5, 5.41) is 5.51. The summed E-state index contributed by atoms with van der Waals surface area (Å²) in [6.45, 7) is 2.40. The molecule has 21 heavy (non-hydrogen) atoms. The predicted octanol–water partition coefficient (Wildman–Crippen LogP) is 4.26. The molecule has 0 atom stereocenters. The molecular weight excluding hydrogens is 335 g/mol. The number of aryl methyl sites for hydroxylation is 1. The fourth-order valence-electron chi connectivity index (χ4n) is 1.91. The second-order valence-corrected chi connectivity index (χ2v) is 5.58. The summed E-state index contributed by atoms with van der Waals surface area (Å²) in [5.41, 5.74) is 2.64. The second kappa shape index (κ2) is 7.22. The van der Waals surface area contributed by atoms with Gasteiger partial charge >= 0.3 is 6.03 Å². The summed E-state index contributed by atoms with van der Waals surface area (Å²) in [5.74, 6) is -0.262. The molecule has 0 aliphatic heterocycles. The minimum atomic E-state index is -0.270. The van der Waals surface area contributed by atoms with Gasteiger partial charge in [0.05, 0.1) is 0 Å². The molecule has 2 amide bonds. The van der Waals surface area contributed by atoms with Crippen molar-refractivity contribution < 1.29 is 9.18 Å². The van der Waals surface area contributed by atoms with E-state index in [1.807, 2.05) is 31.2 Å². The highest BCUT2D eigenvalue weighted by Gasteiger charge is 2.03. The third kappa shape index (κ3) is 4.86. The molecule has 0 heterocycles. The Morgan fingerprint density at radius 2 is 2.05 bits per heavy atom. The molecule has 3 nitrogen and oxygen atoms in total. The Labute approximate surface area is 131 Å². The van der Waals surface area contributed by atoms with Crippen molar-refractivity contribution in [1.82, 2.24) is 5.32 Å². The van der Waals surface area contributed by atoms with E-state index in [1.54, 1.807) is 6.07 Å². The SMILES string of the molecule is Cc1cc(NC(=O)NCCc2cccc(F)c2)ccc1Br. The number of rotatable bonds is 4. The molecule has 0 spiro atoms. The van der Waals surface area contributed by atoms with E-state index in [-0.39, 0.29) is 11.8 Å². The number of hydrogen-bond acceptors (Lipinski definition) is 1. The molecule has 2 aromatic carbocycles. The Morgan fingerprint density at radius 1 is 1.24 bits per heavy atom. The number of amides is 2. The van der Waals surface area contributed by atoms with Crippen molar-refractivity contribution >= 4 is 27.6 Å². The number of benzene rings is 2. The summed E-state index contributed by atoms with van der Waals surface area (Å²) in [6.07, 6.45) is 0.588. The first-order valence-corrected chi connectivity index (χ1v) is 7.39. The summed E-state index contributed by atoms with van der Waals surface area (Å²) >= 11 is 3.41. The minimum absolute atomic E-state index is 0.262. The minimum Gasteiger partial charge on any atom is -0.338 e. The molecular formula is C16H16BrFN2O. The molecule has 2 aromatic rings. The van der Waals surface area contributed by atoms with Gasteiger partial charge in [-0.05, 0) is 54.8 Å². The Kier molecular flexibility index (Phi) is 5.33. The molecule has 2 rings (SSSR count). The smallest absolute Gasteiger partial charge is 0.319 e. The van der Waals surface area contributed by atoms with E-state index in [2.05, 4.69) is 26.6 Å². The van der Waals surface area contributed by atoms with Gasteiger partial charge in [0.1, 0.15) is 5.82 Å². The van der Waals surface area contributed by atoms with E-state index in [0.717, 1.165) is 21.3 Å². The maximum atomic E-state index is 13.0. The molecule has 0 aromatic heterocycles. The van der Waals surface area contributed by atoms with Crippen LogP contribution < -0.4 is 10.6 Å². The normalized spacial score (nSPS) is 10.2. The largest absolute Gasteiger partial charge is 0.338 e. The van der Waals surface area contributed by atoms with Gasteiger partial charge in [-0.15, -0.1) is 0 Å². The van der Waals surface area contributed by atoms with Gasteiger partial charge in [-0.1, -0.05) is 28.1 Å². The van der Waals surface area contributed by atoms with Crippen LogP contribution in [-0.4, -0.2) is 12.6 Å². The van der Waals surface area contributed by atoms with Crippen LogP contribution in [0.25, 0.3) is 0 Å². The van der Waals surface area contributed by atoms with Gasteiger partial charge < -0.3 is 10.6 Å². The van der Waals surface area contributed by atoms with E-state index in [1.165, 1.54) is 12.1 Å². The van der Waals surface area contributed by atoms with Crippen molar-refractivity contribution in [1.29, 1.82) is 0 Å². The van der Waals surface area contributed by atoms with E-state index >= 15 is 0 Å². The number of halogens is 2. The number of carbonyl (C=O) groups excluding carboxylic acids is 1. The third-order valence-corrected chi connectivity index (χ3v) is 3.89. The zero-order chi connectivity index (χ0) is 15.2. The molecule has 110 valence electrons. The summed E-state index contributed by atoms with van der Waals surface area (Å²) in [7, 11) is 0. The first kappa shape index (κ1) is 15.5. The van der Waals surface area contributed by atoms with Gasteiger partial charge in [0.2, 0.25) is 0 Å². The summed E-state index contributed by atoms with van der Waals surface area (Å²) in [4.78, 5) is 11.8. The van der Waals surface area contributed by atoms with Crippen molar-refractivity contribution in [3.8, 4) is 0 Å². The van der Waals surface area contributed by atoms with Crippen LogP contribution in [0.4, 0.5) is 14.9 Å². The Bertz CT molecular complexity index is 646. The Morgan fingerprint density at radius 3 is 2.76 bits per heavy atom.